The zero-order chi connectivity index (χ0) is 19.2. The molecule has 0 atom stereocenters. The van der Waals surface area contributed by atoms with Gasteiger partial charge >= 0.3 is 0 Å². The average molecular weight is 385 g/mol. The molecule has 0 unspecified atom stereocenters. The Hall–Kier alpha value is -2.51. The summed E-state index contributed by atoms with van der Waals surface area (Å²) in [6, 6.07) is 9.82. The van der Waals surface area contributed by atoms with Crippen LogP contribution in [0.5, 0.6) is 0 Å². The summed E-state index contributed by atoms with van der Waals surface area (Å²) < 4.78 is 5.75. The zero-order valence-corrected chi connectivity index (χ0v) is 16.7. The first-order chi connectivity index (χ1) is 13.0. The number of rotatable bonds is 8. The molecule has 0 bridgehead atoms. The summed E-state index contributed by atoms with van der Waals surface area (Å²) in [4.78, 5) is 15.4. The molecule has 142 valence electrons. The van der Waals surface area contributed by atoms with Crippen molar-refractivity contribution in [2.45, 2.75) is 33.7 Å². The largest absolute Gasteiger partial charge is 0.419 e. The maximum atomic E-state index is 12.5. The molecule has 0 aliphatic carbocycles. The van der Waals surface area contributed by atoms with Gasteiger partial charge in [-0.1, -0.05) is 19.1 Å². The molecule has 7 heteroatoms. The van der Waals surface area contributed by atoms with Crippen molar-refractivity contribution in [3.05, 3.63) is 52.7 Å². The van der Waals surface area contributed by atoms with E-state index in [1.165, 1.54) is 5.56 Å². The SMILES string of the molecule is CCCN(CC(=O)Nc1ccc(C)c(C)c1)Cc1nnc(-c2cccs2)o1. The van der Waals surface area contributed by atoms with Crippen LogP contribution in [0.15, 0.2) is 40.1 Å². The van der Waals surface area contributed by atoms with E-state index in [-0.39, 0.29) is 12.5 Å². The summed E-state index contributed by atoms with van der Waals surface area (Å²) in [7, 11) is 0. The molecule has 0 radical (unpaired) electrons. The third kappa shape index (κ3) is 5.24. The Morgan fingerprint density at radius 1 is 1.22 bits per heavy atom. The van der Waals surface area contributed by atoms with E-state index < -0.39 is 0 Å². The minimum atomic E-state index is -0.0512. The van der Waals surface area contributed by atoms with E-state index >= 15 is 0 Å². The molecule has 0 fully saturated rings. The van der Waals surface area contributed by atoms with Crippen molar-refractivity contribution in [1.82, 2.24) is 15.1 Å². The molecule has 3 rings (SSSR count). The average Bonchev–Trinajstić information content (AvgIpc) is 3.29. The Morgan fingerprint density at radius 3 is 2.78 bits per heavy atom. The lowest BCUT2D eigenvalue weighted by atomic mass is 10.1. The van der Waals surface area contributed by atoms with E-state index in [0.29, 0.717) is 18.3 Å². The first-order valence-electron chi connectivity index (χ1n) is 9.01. The number of hydrogen-bond donors (Lipinski definition) is 1. The van der Waals surface area contributed by atoms with Crippen LogP contribution in [0.25, 0.3) is 10.8 Å². The molecule has 3 aromatic rings. The van der Waals surface area contributed by atoms with Gasteiger partial charge in [0.15, 0.2) is 0 Å². The highest BCUT2D eigenvalue weighted by atomic mass is 32.1. The predicted molar refractivity (Wildman–Crippen MR) is 108 cm³/mol. The molecule has 0 aliphatic heterocycles. The fourth-order valence-electron chi connectivity index (χ4n) is 2.76. The molecule has 1 N–H and O–H groups in total. The van der Waals surface area contributed by atoms with Crippen LogP contribution in [0, 0.1) is 13.8 Å². The zero-order valence-electron chi connectivity index (χ0n) is 15.9. The Kier molecular flexibility index (Phi) is 6.36. The van der Waals surface area contributed by atoms with Crippen LogP contribution >= 0.6 is 11.3 Å². The van der Waals surface area contributed by atoms with Crippen LogP contribution in [0.3, 0.4) is 0 Å². The maximum Gasteiger partial charge on any atom is 0.257 e. The number of carbonyl (C=O) groups excluding carboxylic acids is 1. The van der Waals surface area contributed by atoms with Gasteiger partial charge in [0.1, 0.15) is 0 Å². The van der Waals surface area contributed by atoms with Gasteiger partial charge in [-0.05, 0) is 61.5 Å². The van der Waals surface area contributed by atoms with Gasteiger partial charge in [-0.25, -0.2) is 0 Å². The van der Waals surface area contributed by atoms with Gasteiger partial charge < -0.3 is 9.73 Å². The normalized spacial score (nSPS) is 11.1. The highest BCUT2D eigenvalue weighted by molar-refractivity contribution is 7.13. The second kappa shape index (κ2) is 8.92. The van der Waals surface area contributed by atoms with E-state index in [1.807, 2.05) is 47.5 Å². The third-order valence-corrected chi connectivity index (χ3v) is 5.11. The number of nitrogens with zero attached hydrogens (tertiary/aromatic N) is 3. The summed E-state index contributed by atoms with van der Waals surface area (Å²) in [5, 5.41) is 13.2. The van der Waals surface area contributed by atoms with Crippen molar-refractivity contribution >= 4 is 22.9 Å². The standard InChI is InChI=1S/C20H24N4O2S/c1-4-9-24(12-18(25)21-16-8-7-14(2)15(3)11-16)13-19-22-23-20(26-19)17-6-5-10-27-17/h5-8,10-11H,4,9,12-13H2,1-3H3,(H,21,25). The summed E-state index contributed by atoms with van der Waals surface area (Å²) in [6.45, 7) is 7.67. The first kappa shape index (κ1) is 19.3. The first-order valence-corrected chi connectivity index (χ1v) is 9.89. The second-order valence-electron chi connectivity index (χ2n) is 6.54. The maximum absolute atomic E-state index is 12.5. The Balaban J connectivity index is 1.61. The van der Waals surface area contributed by atoms with E-state index in [2.05, 4.69) is 29.4 Å². The van der Waals surface area contributed by atoms with Crippen molar-refractivity contribution < 1.29 is 9.21 Å². The van der Waals surface area contributed by atoms with Gasteiger partial charge in [-0.3, -0.25) is 9.69 Å². The van der Waals surface area contributed by atoms with Gasteiger partial charge in [-0.2, -0.15) is 0 Å². The third-order valence-electron chi connectivity index (χ3n) is 4.26. The lowest BCUT2D eigenvalue weighted by Crippen LogP contribution is -2.33. The van der Waals surface area contributed by atoms with Crippen molar-refractivity contribution in [2.24, 2.45) is 0 Å². The quantitative estimate of drug-likeness (QED) is 0.628. The van der Waals surface area contributed by atoms with Crippen molar-refractivity contribution in [3.8, 4) is 10.8 Å². The van der Waals surface area contributed by atoms with Crippen LogP contribution in [-0.2, 0) is 11.3 Å². The van der Waals surface area contributed by atoms with E-state index in [1.54, 1.807) is 11.3 Å². The molecule has 1 aromatic carbocycles. The van der Waals surface area contributed by atoms with Crippen LogP contribution in [0.2, 0.25) is 0 Å². The van der Waals surface area contributed by atoms with E-state index in [4.69, 9.17) is 4.42 Å². The second-order valence-corrected chi connectivity index (χ2v) is 7.48. The highest BCUT2D eigenvalue weighted by Crippen LogP contribution is 2.23. The number of anilines is 1. The summed E-state index contributed by atoms with van der Waals surface area (Å²) in [5.74, 6) is 0.992. The minimum absolute atomic E-state index is 0.0512. The van der Waals surface area contributed by atoms with Crippen LogP contribution in [0.1, 0.15) is 30.4 Å². The van der Waals surface area contributed by atoms with Gasteiger partial charge in [0, 0.05) is 5.69 Å². The Bertz CT molecular complexity index is 889. The summed E-state index contributed by atoms with van der Waals surface area (Å²) >= 11 is 1.56. The van der Waals surface area contributed by atoms with Gasteiger partial charge in [0.05, 0.1) is 18.0 Å². The highest BCUT2D eigenvalue weighted by Gasteiger charge is 2.16. The topological polar surface area (TPSA) is 71.3 Å². The fraction of sp³-hybridized carbons (Fsp3) is 0.350. The lowest BCUT2D eigenvalue weighted by molar-refractivity contribution is -0.117. The molecule has 0 saturated heterocycles. The number of benzene rings is 1. The monoisotopic (exact) mass is 384 g/mol. The molecule has 0 spiro atoms. The number of hydrogen-bond acceptors (Lipinski definition) is 6. The minimum Gasteiger partial charge on any atom is -0.419 e. The van der Waals surface area contributed by atoms with E-state index in [9.17, 15) is 4.79 Å². The number of carbonyl (C=O) groups is 1. The van der Waals surface area contributed by atoms with Crippen molar-refractivity contribution in [1.29, 1.82) is 0 Å². The van der Waals surface area contributed by atoms with Crippen LogP contribution in [-0.4, -0.2) is 34.1 Å². The van der Waals surface area contributed by atoms with Gasteiger partial charge in [0.25, 0.3) is 5.89 Å². The van der Waals surface area contributed by atoms with Gasteiger partial charge in [0.2, 0.25) is 11.8 Å². The van der Waals surface area contributed by atoms with E-state index in [0.717, 1.165) is 29.1 Å². The smallest absolute Gasteiger partial charge is 0.257 e. The molecular formula is C20H24N4O2S. The molecule has 0 saturated carbocycles. The van der Waals surface area contributed by atoms with Crippen LogP contribution < -0.4 is 5.32 Å². The lowest BCUT2D eigenvalue weighted by Gasteiger charge is -2.19. The predicted octanol–water partition coefficient (Wildman–Crippen LogP) is 4.27. The Labute approximate surface area is 163 Å². The Morgan fingerprint density at radius 2 is 2.07 bits per heavy atom. The van der Waals surface area contributed by atoms with Crippen molar-refractivity contribution in [3.63, 3.8) is 0 Å². The molecule has 2 heterocycles. The molecule has 6 nitrogen and oxygen atoms in total. The molecule has 27 heavy (non-hydrogen) atoms. The molecular weight excluding hydrogens is 360 g/mol. The number of aryl methyl sites for hydroxylation is 2. The molecule has 2 aromatic heterocycles. The van der Waals surface area contributed by atoms with Gasteiger partial charge in [-0.15, -0.1) is 21.5 Å². The summed E-state index contributed by atoms with van der Waals surface area (Å²) in [5.41, 5.74) is 3.18. The van der Waals surface area contributed by atoms with Crippen LogP contribution in [0.4, 0.5) is 5.69 Å². The number of nitrogens with one attached hydrogen (secondary N) is 1. The summed E-state index contributed by atoms with van der Waals surface area (Å²) in [6.07, 6.45) is 0.933. The van der Waals surface area contributed by atoms with Crippen molar-refractivity contribution in [2.75, 3.05) is 18.4 Å². The number of thiophene rings is 1. The number of aromatic nitrogens is 2. The molecule has 1 amide bonds. The molecule has 0 aliphatic rings. The fourth-order valence-corrected chi connectivity index (χ4v) is 3.41. The number of amides is 1.